The minimum absolute atomic E-state index is 0.0244. The van der Waals surface area contributed by atoms with Gasteiger partial charge in [-0.1, -0.05) is 5.16 Å². The Balaban J connectivity index is 1.77. The summed E-state index contributed by atoms with van der Waals surface area (Å²) >= 11 is 1.85. The number of nitrogens with zero attached hydrogens (tertiary/aromatic N) is 2. The maximum Gasteiger partial charge on any atom is 0.246 e. The van der Waals surface area contributed by atoms with Gasteiger partial charge in [-0.3, -0.25) is 0 Å². The molecule has 82 valence electrons. The van der Waals surface area contributed by atoms with Crippen LogP contribution in [-0.4, -0.2) is 28.3 Å². The second-order valence-electron chi connectivity index (χ2n) is 4.05. The molecule has 2 heterocycles. The van der Waals surface area contributed by atoms with Gasteiger partial charge >= 0.3 is 0 Å². The van der Waals surface area contributed by atoms with Crippen molar-refractivity contribution >= 4 is 11.8 Å². The first-order valence-corrected chi connectivity index (χ1v) is 6.26. The number of rotatable bonds is 2. The molecular weight excluding hydrogens is 214 g/mol. The quantitative estimate of drug-likeness (QED) is 0.806. The molecule has 2 aliphatic rings. The van der Waals surface area contributed by atoms with Crippen LogP contribution in [0.2, 0.25) is 0 Å². The second kappa shape index (κ2) is 3.47. The van der Waals surface area contributed by atoms with E-state index < -0.39 is 0 Å². The highest BCUT2D eigenvalue weighted by Gasteiger charge is 2.46. The third kappa shape index (κ3) is 1.77. The zero-order chi connectivity index (χ0) is 10.3. The first kappa shape index (κ1) is 9.62. The summed E-state index contributed by atoms with van der Waals surface area (Å²) in [4.78, 5) is 4.33. The molecule has 2 N–H and O–H groups in total. The Morgan fingerprint density at radius 3 is 3.00 bits per heavy atom. The van der Waals surface area contributed by atoms with Crippen molar-refractivity contribution in [1.82, 2.24) is 10.1 Å². The summed E-state index contributed by atoms with van der Waals surface area (Å²) in [5, 5.41) is 3.94. The molecule has 0 amide bonds. The Morgan fingerprint density at radius 2 is 2.33 bits per heavy atom. The number of aromatic nitrogens is 2. The molecule has 1 aromatic heterocycles. The van der Waals surface area contributed by atoms with Crippen molar-refractivity contribution in [3.05, 3.63) is 11.7 Å². The molecule has 1 unspecified atom stereocenters. The van der Waals surface area contributed by atoms with Crippen molar-refractivity contribution in [1.29, 1.82) is 0 Å². The molecule has 2 fully saturated rings. The van der Waals surface area contributed by atoms with E-state index in [1.54, 1.807) is 0 Å². The van der Waals surface area contributed by atoms with Gasteiger partial charge in [-0.05, 0) is 12.8 Å². The zero-order valence-corrected chi connectivity index (χ0v) is 9.13. The van der Waals surface area contributed by atoms with E-state index >= 15 is 0 Å². The normalized spacial score (nSPS) is 29.0. The molecule has 1 aromatic rings. The highest BCUT2D eigenvalue weighted by atomic mass is 32.2. The van der Waals surface area contributed by atoms with E-state index in [2.05, 4.69) is 10.1 Å². The Morgan fingerprint density at radius 1 is 1.47 bits per heavy atom. The second-order valence-corrected chi connectivity index (χ2v) is 5.20. The van der Waals surface area contributed by atoms with Crippen molar-refractivity contribution in [3.8, 4) is 0 Å². The third-order valence-electron chi connectivity index (χ3n) is 2.76. The molecule has 1 atom stereocenters. The SMILES string of the molecule is NC1(c2nc(C3CSCCO3)no2)CC1. The predicted molar refractivity (Wildman–Crippen MR) is 55.4 cm³/mol. The van der Waals surface area contributed by atoms with E-state index in [1.165, 1.54) is 0 Å². The minimum atomic E-state index is -0.340. The Labute approximate surface area is 91.7 Å². The van der Waals surface area contributed by atoms with Crippen LogP contribution in [0.15, 0.2) is 4.52 Å². The smallest absolute Gasteiger partial charge is 0.246 e. The molecule has 3 rings (SSSR count). The van der Waals surface area contributed by atoms with Gasteiger partial charge < -0.3 is 15.0 Å². The molecule has 6 heteroatoms. The van der Waals surface area contributed by atoms with Crippen LogP contribution in [0.4, 0.5) is 0 Å². The van der Waals surface area contributed by atoms with Gasteiger partial charge in [0.15, 0.2) is 0 Å². The number of hydrogen-bond donors (Lipinski definition) is 1. The standard InChI is InChI=1S/C9H13N3O2S/c10-9(1-2-9)8-11-7(12-14-8)6-5-15-4-3-13-6/h6H,1-5,10H2. The van der Waals surface area contributed by atoms with Gasteiger partial charge in [0, 0.05) is 11.5 Å². The summed E-state index contributed by atoms with van der Waals surface area (Å²) in [6.45, 7) is 0.757. The zero-order valence-electron chi connectivity index (χ0n) is 8.31. The molecular formula is C9H13N3O2S. The lowest BCUT2D eigenvalue weighted by Gasteiger charge is -2.18. The maximum absolute atomic E-state index is 5.97. The van der Waals surface area contributed by atoms with Crippen molar-refractivity contribution in [2.75, 3.05) is 18.1 Å². The number of hydrogen-bond acceptors (Lipinski definition) is 6. The Bertz CT molecular complexity index is 358. The van der Waals surface area contributed by atoms with Crippen LogP contribution in [0.1, 0.15) is 30.7 Å². The van der Waals surface area contributed by atoms with E-state index in [-0.39, 0.29) is 11.6 Å². The lowest BCUT2D eigenvalue weighted by molar-refractivity contribution is 0.0677. The number of nitrogens with two attached hydrogens (primary N) is 1. The van der Waals surface area contributed by atoms with Gasteiger partial charge in [-0.15, -0.1) is 0 Å². The average Bonchev–Trinajstić information content (AvgIpc) is 2.85. The fourth-order valence-electron chi connectivity index (χ4n) is 1.55. The summed E-state index contributed by atoms with van der Waals surface area (Å²) in [7, 11) is 0. The molecule has 1 aliphatic heterocycles. The van der Waals surface area contributed by atoms with E-state index in [9.17, 15) is 0 Å². The van der Waals surface area contributed by atoms with Crippen molar-refractivity contribution in [2.45, 2.75) is 24.5 Å². The first-order chi connectivity index (χ1) is 7.28. The summed E-state index contributed by atoms with van der Waals surface area (Å²) < 4.78 is 10.7. The molecule has 0 radical (unpaired) electrons. The Hall–Kier alpha value is -0.590. The predicted octanol–water partition coefficient (Wildman–Crippen LogP) is 0.822. The summed E-state index contributed by atoms with van der Waals surface area (Å²) in [5.74, 6) is 3.16. The Kier molecular flexibility index (Phi) is 2.22. The largest absolute Gasteiger partial charge is 0.368 e. The minimum Gasteiger partial charge on any atom is -0.368 e. The van der Waals surface area contributed by atoms with E-state index in [0.717, 1.165) is 31.0 Å². The molecule has 0 aromatic carbocycles. The molecule has 1 aliphatic carbocycles. The summed E-state index contributed by atoms with van der Waals surface area (Å²) in [6, 6.07) is 0. The van der Waals surface area contributed by atoms with Gasteiger partial charge in [0.25, 0.3) is 0 Å². The number of thioether (sulfide) groups is 1. The highest BCUT2D eigenvalue weighted by Crippen LogP contribution is 2.42. The molecule has 0 bridgehead atoms. The van der Waals surface area contributed by atoms with Crippen molar-refractivity contribution in [3.63, 3.8) is 0 Å². The lowest BCUT2D eigenvalue weighted by atomic mass is 10.3. The molecule has 5 nitrogen and oxygen atoms in total. The van der Waals surface area contributed by atoms with Gasteiger partial charge in [0.2, 0.25) is 11.7 Å². The van der Waals surface area contributed by atoms with Crippen molar-refractivity contribution in [2.24, 2.45) is 5.73 Å². The van der Waals surface area contributed by atoms with Crippen LogP contribution < -0.4 is 5.73 Å². The topological polar surface area (TPSA) is 74.2 Å². The van der Waals surface area contributed by atoms with Gasteiger partial charge in [-0.25, -0.2) is 0 Å². The third-order valence-corrected chi connectivity index (χ3v) is 3.75. The van der Waals surface area contributed by atoms with Crippen LogP contribution in [-0.2, 0) is 10.3 Å². The molecule has 15 heavy (non-hydrogen) atoms. The maximum atomic E-state index is 5.97. The van der Waals surface area contributed by atoms with E-state index in [1.807, 2.05) is 11.8 Å². The highest BCUT2D eigenvalue weighted by molar-refractivity contribution is 7.99. The van der Waals surface area contributed by atoms with Crippen molar-refractivity contribution < 1.29 is 9.26 Å². The van der Waals surface area contributed by atoms with Crippen LogP contribution in [0.25, 0.3) is 0 Å². The van der Waals surface area contributed by atoms with E-state index in [4.69, 9.17) is 15.0 Å². The van der Waals surface area contributed by atoms with E-state index in [0.29, 0.717) is 11.7 Å². The van der Waals surface area contributed by atoms with Crippen LogP contribution in [0, 0.1) is 0 Å². The molecule has 1 saturated carbocycles. The molecule has 1 saturated heterocycles. The first-order valence-electron chi connectivity index (χ1n) is 5.10. The van der Waals surface area contributed by atoms with Crippen LogP contribution in [0.5, 0.6) is 0 Å². The molecule has 0 spiro atoms. The fraction of sp³-hybridized carbons (Fsp3) is 0.778. The van der Waals surface area contributed by atoms with Crippen LogP contribution >= 0.6 is 11.8 Å². The van der Waals surface area contributed by atoms with Gasteiger partial charge in [-0.2, -0.15) is 16.7 Å². The fourth-order valence-corrected chi connectivity index (χ4v) is 2.39. The van der Waals surface area contributed by atoms with Gasteiger partial charge in [0.1, 0.15) is 6.10 Å². The van der Waals surface area contributed by atoms with Gasteiger partial charge in [0.05, 0.1) is 12.1 Å². The lowest BCUT2D eigenvalue weighted by Crippen LogP contribution is -2.20. The average molecular weight is 227 g/mol. The number of ether oxygens (including phenoxy) is 1. The monoisotopic (exact) mass is 227 g/mol. The summed E-state index contributed by atoms with van der Waals surface area (Å²) in [6.07, 6.45) is 1.85. The van der Waals surface area contributed by atoms with Crippen LogP contribution in [0.3, 0.4) is 0 Å². The summed E-state index contributed by atoms with van der Waals surface area (Å²) in [5.41, 5.74) is 5.63.